The second kappa shape index (κ2) is 5.76. The zero-order valence-corrected chi connectivity index (χ0v) is 9.38. The van der Waals surface area contributed by atoms with Gasteiger partial charge in [0.25, 0.3) is 5.69 Å². The summed E-state index contributed by atoms with van der Waals surface area (Å²) >= 11 is 0. The Bertz CT molecular complexity index is 675. The highest BCUT2D eigenvalue weighted by molar-refractivity contribution is 5.94. The Morgan fingerprint density at radius 1 is 1.26 bits per heavy atom. The highest BCUT2D eigenvalue weighted by atomic mass is 16.6. The van der Waals surface area contributed by atoms with Crippen molar-refractivity contribution in [3.63, 3.8) is 0 Å². The molecule has 0 aliphatic heterocycles. The number of rotatable bonds is 3. The third-order valence-corrected chi connectivity index (χ3v) is 2.09. The predicted molar refractivity (Wildman–Crippen MR) is 61.4 cm³/mol. The van der Waals surface area contributed by atoms with Crippen molar-refractivity contribution in [2.45, 2.75) is 6.42 Å². The van der Waals surface area contributed by atoms with Crippen molar-refractivity contribution in [1.29, 1.82) is 15.8 Å². The quantitative estimate of drug-likeness (QED) is 0.634. The minimum Gasteiger partial charge on any atom is -0.319 e. The number of hydrogen-bond donors (Lipinski definition) is 1. The number of carbonyl (C=O) groups is 1. The molecule has 0 spiro atoms. The van der Waals surface area contributed by atoms with E-state index < -0.39 is 22.9 Å². The average molecular weight is 255 g/mol. The molecule has 92 valence electrons. The molecule has 1 aromatic carbocycles. The maximum absolute atomic E-state index is 11.2. The van der Waals surface area contributed by atoms with Crippen LogP contribution < -0.4 is 5.32 Å². The van der Waals surface area contributed by atoms with E-state index in [9.17, 15) is 14.9 Å². The van der Waals surface area contributed by atoms with Gasteiger partial charge in [-0.15, -0.1) is 0 Å². The third-order valence-electron chi connectivity index (χ3n) is 2.09. The summed E-state index contributed by atoms with van der Waals surface area (Å²) in [6.45, 7) is 0. The van der Waals surface area contributed by atoms with Gasteiger partial charge in [-0.1, -0.05) is 0 Å². The fourth-order valence-corrected chi connectivity index (χ4v) is 1.29. The molecule has 19 heavy (non-hydrogen) atoms. The Morgan fingerprint density at radius 2 is 1.84 bits per heavy atom. The molecule has 0 fully saturated rings. The highest BCUT2D eigenvalue weighted by Gasteiger charge is 2.19. The summed E-state index contributed by atoms with van der Waals surface area (Å²) in [7, 11) is 0. The zero-order chi connectivity index (χ0) is 14.4. The standard InChI is InChI=1S/C11H5N5O3/c12-2-1-11(17)15-9-3-7(5-13)8(6-14)4-10(9)16(18)19/h3-4H,1H2,(H,15,17). The molecule has 1 rings (SSSR count). The van der Waals surface area contributed by atoms with Crippen molar-refractivity contribution in [2.75, 3.05) is 5.32 Å². The zero-order valence-electron chi connectivity index (χ0n) is 9.38. The van der Waals surface area contributed by atoms with Crippen molar-refractivity contribution >= 4 is 17.3 Å². The van der Waals surface area contributed by atoms with Crippen molar-refractivity contribution in [3.8, 4) is 18.2 Å². The number of nitrogens with one attached hydrogen (secondary N) is 1. The van der Waals surface area contributed by atoms with E-state index in [1.807, 2.05) is 0 Å². The number of carbonyl (C=O) groups excluding carboxylic acids is 1. The lowest BCUT2D eigenvalue weighted by molar-refractivity contribution is -0.384. The second-order valence-corrected chi connectivity index (χ2v) is 3.28. The number of nitro groups is 1. The summed E-state index contributed by atoms with van der Waals surface area (Å²) in [5.41, 5.74) is -0.990. The first-order valence-corrected chi connectivity index (χ1v) is 4.83. The van der Waals surface area contributed by atoms with Crippen LogP contribution in [0.3, 0.4) is 0 Å². The minimum absolute atomic E-state index is 0.0969. The van der Waals surface area contributed by atoms with E-state index in [1.54, 1.807) is 18.2 Å². The maximum Gasteiger partial charge on any atom is 0.294 e. The molecular weight excluding hydrogens is 250 g/mol. The molecule has 8 heteroatoms. The van der Waals surface area contributed by atoms with E-state index in [-0.39, 0.29) is 16.8 Å². The van der Waals surface area contributed by atoms with E-state index in [1.165, 1.54) is 0 Å². The minimum atomic E-state index is -0.788. The predicted octanol–water partition coefficient (Wildman–Crippen LogP) is 1.19. The Morgan fingerprint density at radius 3 is 2.32 bits per heavy atom. The highest BCUT2D eigenvalue weighted by Crippen LogP contribution is 2.28. The van der Waals surface area contributed by atoms with Gasteiger partial charge in [0.2, 0.25) is 5.91 Å². The molecule has 0 atom stereocenters. The van der Waals surface area contributed by atoms with Crippen molar-refractivity contribution in [3.05, 3.63) is 33.4 Å². The van der Waals surface area contributed by atoms with Crippen LogP contribution >= 0.6 is 0 Å². The van der Waals surface area contributed by atoms with E-state index in [0.29, 0.717) is 0 Å². The normalized spacial score (nSPS) is 8.68. The summed E-state index contributed by atoms with van der Waals surface area (Å²) in [6, 6.07) is 6.88. The molecule has 1 N–H and O–H groups in total. The van der Waals surface area contributed by atoms with Crippen LogP contribution in [0.5, 0.6) is 0 Å². The third kappa shape index (κ3) is 3.02. The van der Waals surface area contributed by atoms with Crippen LogP contribution in [0.25, 0.3) is 0 Å². The van der Waals surface area contributed by atoms with Gasteiger partial charge in [-0.05, 0) is 6.07 Å². The first kappa shape index (κ1) is 13.6. The second-order valence-electron chi connectivity index (χ2n) is 3.28. The number of benzene rings is 1. The molecule has 0 unspecified atom stereocenters. The number of amides is 1. The van der Waals surface area contributed by atoms with Crippen LogP contribution in [0.4, 0.5) is 11.4 Å². The average Bonchev–Trinajstić information content (AvgIpc) is 2.38. The number of nitriles is 3. The van der Waals surface area contributed by atoms with Crippen LogP contribution in [-0.2, 0) is 4.79 Å². The monoisotopic (exact) mass is 255 g/mol. The van der Waals surface area contributed by atoms with E-state index >= 15 is 0 Å². The molecule has 1 amide bonds. The fourth-order valence-electron chi connectivity index (χ4n) is 1.29. The van der Waals surface area contributed by atoms with Crippen LogP contribution in [0.15, 0.2) is 12.1 Å². The van der Waals surface area contributed by atoms with Crippen LogP contribution in [0, 0.1) is 44.1 Å². The molecular formula is C11H5N5O3. The summed E-state index contributed by atoms with van der Waals surface area (Å²) in [5, 5.41) is 38.9. The lowest BCUT2D eigenvalue weighted by Gasteiger charge is -2.05. The largest absolute Gasteiger partial charge is 0.319 e. The van der Waals surface area contributed by atoms with Crippen LogP contribution in [0.1, 0.15) is 17.5 Å². The van der Waals surface area contributed by atoms with Crippen molar-refractivity contribution in [2.24, 2.45) is 0 Å². The Kier molecular flexibility index (Phi) is 4.13. The molecule has 0 bridgehead atoms. The Labute approximate surface area is 107 Å². The Balaban J connectivity index is 3.34. The first-order chi connectivity index (χ1) is 9.03. The smallest absolute Gasteiger partial charge is 0.294 e. The summed E-state index contributed by atoms with van der Waals surface area (Å²) in [5.74, 6) is -0.737. The van der Waals surface area contributed by atoms with Gasteiger partial charge in [-0.2, -0.15) is 15.8 Å². The van der Waals surface area contributed by atoms with Crippen molar-refractivity contribution in [1.82, 2.24) is 0 Å². The molecule has 0 aliphatic carbocycles. The van der Waals surface area contributed by atoms with E-state index in [0.717, 1.165) is 12.1 Å². The van der Waals surface area contributed by atoms with Gasteiger partial charge in [-0.3, -0.25) is 14.9 Å². The van der Waals surface area contributed by atoms with Crippen molar-refractivity contribution < 1.29 is 9.72 Å². The SMILES string of the molecule is N#CCC(=O)Nc1cc(C#N)c(C#N)cc1[N+](=O)[O-]. The molecule has 8 nitrogen and oxygen atoms in total. The van der Waals surface area contributed by atoms with E-state index in [4.69, 9.17) is 15.8 Å². The summed E-state index contributed by atoms with van der Waals surface area (Å²) < 4.78 is 0. The van der Waals surface area contributed by atoms with Gasteiger partial charge in [0.05, 0.1) is 22.1 Å². The Hall–Kier alpha value is -3.44. The molecule has 0 saturated carbocycles. The van der Waals surface area contributed by atoms with Gasteiger partial charge in [0.15, 0.2) is 0 Å². The number of nitro benzene ring substituents is 1. The van der Waals surface area contributed by atoms with Gasteiger partial charge >= 0.3 is 0 Å². The van der Waals surface area contributed by atoms with E-state index in [2.05, 4.69) is 5.32 Å². The topological polar surface area (TPSA) is 144 Å². The maximum atomic E-state index is 11.2. The van der Waals surface area contributed by atoms with Crippen LogP contribution in [0.2, 0.25) is 0 Å². The molecule has 0 aliphatic rings. The molecule has 0 saturated heterocycles. The lowest BCUT2D eigenvalue weighted by Crippen LogP contribution is -2.12. The molecule has 0 aromatic heterocycles. The van der Waals surface area contributed by atoms with Gasteiger partial charge in [0, 0.05) is 6.07 Å². The van der Waals surface area contributed by atoms with Gasteiger partial charge in [-0.25, -0.2) is 0 Å². The lowest BCUT2D eigenvalue weighted by atomic mass is 10.1. The molecule has 1 aromatic rings. The number of nitrogens with zero attached hydrogens (tertiary/aromatic N) is 4. The summed E-state index contributed by atoms with van der Waals surface area (Å²) in [6.07, 6.45) is -0.473. The molecule has 0 heterocycles. The van der Waals surface area contributed by atoms with Gasteiger partial charge < -0.3 is 5.32 Å². The fraction of sp³-hybridized carbons (Fsp3) is 0.0909. The first-order valence-electron chi connectivity index (χ1n) is 4.83. The van der Waals surface area contributed by atoms with Gasteiger partial charge in [0.1, 0.15) is 24.2 Å². The number of hydrogen-bond acceptors (Lipinski definition) is 6. The van der Waals surface area contributed by atoms with Crippen LogP contribution in [-0.4, -0.2) is 10.8 Å². The molecule has 0 radical (unpaired) electrons. The summed E-state index contributed by atoms with van der Waals surface area (Å²) in [4.78, 5) is 21.3. The number of anilines is 1.